The molecule has 1 fully saturated rings. The highest BCUT2D eigenvalue weighted by Gasteiger charge is 2.52. The van der Waals surface area contributed by atoms with E-state index >= 15 is 0 Å². The zero-order chi connectivity index (χ0) is 9.76. The summed E-state index contributed by atoms with van der Waals surface area (Å²) in [5, 5.41) is 2.97. The Bertz CT molecular complexity index is 409. The molecule has 1 aromatic carbocycles. The normalized spacial score (nSPS) is 29.9. The first-order chi connectivity index (χ1) is 6.73. The number of nitrogens with one attached hydrogen (secondary N) is 1. The Morgan fingerprint density at radius 1 is 1.36 bits per heavy atom. The van der Waals surface area contributed by atoms with Gasteiger partial charge < -0.3 is 5.32 Å². The summed E-state index contributed by atoms with van der Waals surface area (Å²) < 4.78 is 0. The number of carbonyl (C=O) groups is 1. The van der Waals surface area contributed by atoms with Crippen molar-refractivity contribution in [2.75, 3.05) is 5.32 Å². The van der Waals surface area contributed by atoms with E-state index in [-0.39, 0.29) is 11.3 Å². The van der Waals surface area contributed by atoms with Gasteiger partial charge in [0.15, 0.2) is 0 Å². The average Bonchev–Trinajstić information content (AvgIpc) is 2.98. The molecule has 1 amide bonds. The van der Waals surface area contributed by atoms with E-state index in [0.29, 0.717) is 5.92 Å². The Labute approximate surface area is 83.3 Å². The summed E-state index contributed by atoms with van der Waals surface area (Å²) >= 11 is 0. The summed E-state index contributed by atoms with van der Waals surface area (Å²) in [7, 11) is 0. The Morgan fingerprint density at radius 2 is 2.07 bits per heavy atom. The van der Waals surface area contributed by atoms with Crippen molar-refractivity contribution in [1.29, 1.82) is 0 Å². The lowest BCUT2D eigenvalue weighted by molar-refractivity contribution is -0.120. The van der Waals surface area contributed by atoms with Gasteiger partial charge >= 0.3 is 0 Å². The Hall–Kier alpha value is -1.31. The van der Waals surface area contributed by atoms with Crippen molar-refractivity contribution in [3.05, 3.63) is 29.8 Å². The van der Waals surface area contributed by atoms with Crippen molar-refractivity contribution in [2.45, 2.75) is 25.2 Å². The molecule has 1 aliphatic heterocycles. The fourth-order valence-corrected chi connectivity index (χ4v) is 2.49. The van der Waals surface area contributed by atoms with Gasteiger partial charge in [-0.15, -0.1) is 0 Å². The molecule has 1 atom stereocenters. The van der Waals surface area contributed by atoms with Crippen LogP contribution in [0.2, 0.25) is 0 Å². The van der Waals surface area contributed by atoms with Gasteiger partial charge in [-0.3, -0.25) is 4.79 Å². The lowest BCUT2D eigenvalue weighted by atomic mass is 9.79. The minimum Gasteiger partial charge on any atom is -0.325 e. The number of anilines is 1. The molecular formula is C12H13NO. The minimum atomic E-state index is -0.253. The summed E-state index contributed by atoms with van der Waals surface area (Å²) in [6, 6.07) is 8.05. The molecule has 1 unspecified atom stereocenters. The van der Waals surface area contributed by atoms with E-state index < -0.39 is 0 Å². The van der Waals surface area contributed by atoms with Gasteiger partial charge in [-0.05, 0) is 37.3 Å². The molecule has 1 aliphatic carbocycles. The maximum Gasteiger partial charge on any atom is 0.235 e. The third-order valence-electron chi connectivity index (χ3n) is 3.60. The van der Waals surface area contributed by atoms with E-state index in [1.807, 2.05) is 18.2 Å². The van der Waals surface area contributed by atoms with Crippen molar-refractivity contribution in [3.63, 3.8) is 0 Å². The van der Waals surface area contributed by atoms with Gasteiger partial charge in [-0.1, -0.05) is 18.2 Å². The standard InChI is InChI=1S/C12H13NO/c1-12(8-6-7-8)9-4-2-3-5-10(9)13-11(12)14/h2-5,8H,6-7H2,1H3,(H,13,14). The maximum atomic E-state index is 11.9. The molecule has 2 nitrogen and oxygen atoms in total. The second-order valence-corrected chi connectivity index (χ2v) is 4.48. The number of carbonyl (C=O) groups excluding carboxylic acids is 1. The summed E-state index contributed by atoms with van der Waals surface area (Å²) in [5.74, 6) is 0.743. The van der Waals surface area contributed by atoms with Crippen molar-refractivity contribution < 1.29 is 4.79 Å². The Morgan fingerprint density at radius 3 is 2.79 bits per heavy atom. The van der Waals surface area contributed by atoms with E-state index in [4.69, 9.17) is 0 Å². The number of rotatable bonds is 1. The second-order valence-electron chi connectivity index (χ2n) is 4.48. The van der Waals surface area contributed by atoms with Gasteiger partial charge in [-0.25, -0.2) is 0 Å². The predicted octanol–water partition coefficient (Wildman–Crippen LogP) is 2.31. The molecule has 1 N–H and O–H groups in total. The summed E-state index contributed by atoms with van der Waals surface area (Å²) in [6.45, 7) is 2.08. The van der Waals surface area contributed by atoms with Crippen LogP contribution in [0.15, 0.2) is 24.3 Å². The van der Waals surface area contributed by atoms with E-state index in [1.54, 1.807) is 0 Å². The lowest BCUT2D eigenvalue weighted by Gasteiger charge is -2.21. The van der Waals surface area contributed by atoms with Crippen molar-refractivity contribution in [3.8, 4) is 0 Å². The van der Waals surface area contributed by atoms with Gasteiger partial charge in [0.2, 0.25) is 5.91 Å². The van der Waals surface area contributed by atoms with Gasteiger partial charge in [-0.2, -0.15) is 0 Å². The monoisotopic (exact) mass is 187 g/mol. The van der Waals surface area contributed by atoms with Crippen molar-refractivity contribution in [2.24, 2.45) is 5.92 Å². The smallest absolute Gasteiger partial charge is 0.235 e. The summed E-state index contributed by atoms with van der Waals surface area (Å²) in [6.07, 6.45) is 2.39. The number of fused-ring (bicyclic) bond motifs is 1. The zero-order valence-corrected chi connectivity index (χ0v) is 8.21. The van der Waals surface area contributed by atoms with Crippen LogP contribution in [0.25, 0.3) is 0 Å². The topological polar surface area (TPSA) is 29.1 Å². The first kappa shape index (κ1) is 8.04. The van der Waals surface area contributed by atoms with Crippen LogP contribution >= 0.6 is 0 Å². The highest BCUT2D eigenvalue weighted by Crippen LogP contribution is 2.52. The van der Waals surface area contributed by atoms with Gasteiger partial charge in [0, 0.05) is 5.69 Å². The van der Waals surface area contributed by atoms with Gasteiger partial charge in [0.05, 0.1) is 5.41 Å². The molecule has 0 saturated heterocycles. The van der Waals surface area contributed by atoms with Crippen LogP contribution < -0.4 is 5.32 Å². The Balaban J connectivity index is 2.18. The first-order valence-electron chi connectivity index (χ1n) is 5.14. The molecule has 72 valence electrons. The molecular weight excluding hydrogens is 174 g/mol. The number of para-hydroxylation sites is 1. The molecule has 0 radical (unpaired) electrons. The Kier molecular flexibility index (Phi) is 1.37. The van der Waals surface area contributed by atoms with Crippen LogP contribution in [0.5, 0.6) is 0 Å². The highest BCUT2D eigenvalue weighted by molar-refractivity contribution is 6.06. The third kappa shape index (κ3) is 0.834. The quantitative estimate of drug-likeness (QED) is 0.718. The highest BCUT2D eigenvalue weighted by atomic mass is 16.2. The third-order valence-corrected chi connectivity index (χ3v) is 3.60. The van der Waals surface area contributed by atoms with Gasteiger partial charge in [0.25, 0.3) is 0 Å². The maximum absolute atomic E-state index is 11.9. The molecule has 0 spiro atoms. The van der Waals surface area contributed by atoms with Crippen LogP contribution in [0, 0.1) is 5.92 Å². The van der Waals surface area contributed by atoms with Crippen LogP contribution in [0.1, 0.15) is 25.3 Å². The average molecular weight is 187 g/mol. The van der Waals surface area contributed by atoms with Crippen LogP contribution in [-0.2, 0) is 10.2 Å². The van der Waals surface area contributed by atoms with Crippen LogP contribution in [0.3, 0.4) is 0 Å². The molecule has 1 aromatic rings. The molecule has 0 bridgehead atoms. The lowest BCUT2D eigenvalue weighted by Crippen LogP contribution is -2.33. The van der Waals surface area contributed by atoms with E-state index in [0.717, 1.165) is 5.69 Å². The molecule has 0 aromatic heterocycles. The number of hydrogen-bond donors (Lipinski definition) is 1. The molecule has 14 heavy (non-hydrogen) atoms. The molecule has 2 heteroatoms. The molecule has 3 rings (SSSR count). The molecule has 1 saturated carbocycles. The van der Waals surface area contributed by atoms with Crippen molar-refractivity contribution in [1.82, 2.24) is 0 Å². The van der Waals surface area contributed by atoms with Crippen LogP contribution in [0.4, 0.5) is 5.69 Å². The zero-order valence-electron chi connectivity index (χ0n) is 8.21. The summed E-state index contributed by atoms with van der Waals surface area (Å²) in [4.78, 5) is 11.9. The number of benzene rings is 1. The first-order valence-corrected chi connectivity index (χ1v) is 5.14. The minimum absolute atomic E-state index is 0.182. The van der Waals surface area contributed by atoms with E-state index in [2.05, 4.69) is 18.3 Å². The van der Waals surface area contributed by atoms with Crippen LogP contribution in [-0.4, -0.2) is 5.91 Å². The molecule has 2 aliphatic rings. The summed E-state index contributed by atoms with van der Waals surface area (Å²) in [5.41, 5.74) is 1.94. The predicted molar refractivity (Wildman–Crippen MR) is 55.1 cm³/mol. The number of amides is 1. The second kappa shape index (κ2) is 2.38. The van der Waals surface area contributed by atoms with E-state index in [1.165, 1.54) is 18.4 Å². The SMILES string of the molecule is CC1(C2CC2)C(=O)Nc2ccccc21. The molecule has 1 heterocycles. The van der Waals surface area contributed by atoms with E-state index in [9.17, 15) is 4.79 Å². The fraction of sp³-hybridized carbons (Fsp3) is 0.417. The van der Waals surface area contributed by atoms with Crippen molar-refractivity contribution >= 4 is 11.6 Å². The van der Waals surface area contributed by atoms with Gasteiger partial charge in [0.1, 0.15) is 0 Å². The fourth-order valence-electron chi connectivity index (χ4n) is 2.49. The number of hydrogen-bond acceptors (Lipinski definition) is 1. The largest absolute Gasteiger partial charge is 0.325 e.